The molecule has 0 saturated heterocycles. The summed E-state index contributed by atoms with van der Waals surface area (Å²) in [6.45, 7) is 1.70. The number of esters is 1. The number of carbonyl (C=O) groups is 1. The zero-order valence-corrected chi connectivity index (χ0v) is 12.1. The van der Waals surface area contributed by atoms with E-state index in [9.17, 15) is 9.90 Å². The smallest absolute Gasteiger partial charge is 0.316 e. The quantitative estimate of drug-likeness (QED) is 0.654. The predicted molar refractivity (Wildman–Crippen MR) is 82.0 cm³/mol. The zero-order chi connectivity index (χ0) is 15.1. The van der Waals surface area contributed by atoms with Crippen molar-refractivity contribution in [1.29, 1.82) is 0 Å². The molecule has 0 heterocycles. The van der Waals surface area contributed by atoms with E-state index in [1.54, 1.807) is 31.2 Å². The number of carbonyl (C=O) groups excluding carboxylic acids is 1. The Balaban J connectivity index is 1.84. The van der Waals surface area contributed by atoms with Crippen LogP contribution in [0.5, 0.6) is 5.75 Å². The monoisotopic (exact) mass is 284 g/mol. The molecule has 110 valence electrons. The zero-order valence-electron chi connectivity index (χ0n) is 12.1. The molecule has 0 unspecified atom stereocenters. The molecule has 0 saturated carbocycles. The van der Waals surface area contributed by atoms with E-state index >= 15 is 0 Å². The summed E-state index contributed by atoms with van der Waals surface area (Å²) >= 11 is 0. The molecule has 0 radical (unpaired) electrons. The highest BCUT2D eigenvalue weighted by molar-refractivity contribution is 5.75. The second kappa shape index (κ2) is 7.60. The molecule has 0 fully saturated rings. The number of benzene rings is 2. The molecule has 0 aliphatic heterocycles. The largest absolute Gasteiger partial charge is 0.426 e. The first kappa shape index (κ1) is 15.3. The summed E-state index contributed by atoms with van der Waals surface area (Å²) in [4.78, 5) is 12.0. The number of hydrogen-bond donors (Lipinski definition) is 1. The summed E-state index contributed by atoms with van der Waals surface area (Å²) in [5, 5.41) is 10.1. The predicted octanol–water partition coefficient (Wildman–Crippen LogP) is 3.22. The van der Waals surface area contributed by atoms with Crippen molar-refractivity contribution in [3.63, 3.8) is 0 Å². The average Bonchev–Trinajstić information content (AvgIpc) is 2.53. The Kier molecular flexibility index (Phi) is 5.52. The van der Waals surface area contributed by atoms with Gasteiger partial charge in [-0.05, 0) is 37.5 Å². The van der Waals surface area contributed by atoms with Crippen LogP contribution in [0.4, 0.5) is 0 Å². The molecular formula is C18H20O3. The Morgan fingerprint density at radius 3 is 2.24 bits per heavy atom. The molecule has 3 nitrogen and oxygen atoms in total. The van der Waals surface area contributed by atoms with Crippen LogP contribution in [0.3, 0.4) is 0 Å². The summed E-state index contributed by atoms with van der Waals surface area (Å²) < 4.78 is 5.25. The summed E-state index contributed by atoms with van der Waals surface area (Å²) in [7, 11) is 0. The molecule has 1 N–H and O–H groups in total. The number of aliphatic hydroxyl groups is 1. The lowest BCUT2D eigenvalue weighted by Crippen LogP contribution is -2.29. The van der Waals surface area contributed by atoms with E-state index in [-0.39, 0.29) is 0 Å². The molecule has 0 amide bonds. The van der Waals surface area contributed by atoms with Crippen molar-refractivity contribution in [3.8, 4) is 5.75 Å². The molecule has 0 bridgehead atoms. The van der Waals surface area contributed by atoms with E-state index in [1.165, 1.54) is 0 Å². The van der Waals surface area contributed by atoms with Crippen LogP contribution in [0.1, 0.15) is 18.9 Å². The van der Waals surface area contributed by atoms with Gasteiger partial charge in [-0.3, -0.25) is 4.79 Å². The standard InChI is InChI=1S/C18H20O3/c1-14(18(20)21-16-10-6-3-7-11-16)17(19)13-12-15-8-4-2-5-9-15/h2-11,14,17,19H,12-13H2,1H3/t14-,17+/m1/s1. The normalized spacial score (nSPS) is 13.4. The first-order chi connectivity index (χ1) is 10.2. The summed E-state index contributed by atoms with van der Waals surface area (Å²) in [6, 6.07) is 18.8. The van der Waals surface area contributed by atoms with Gasteiger partial charge in [0.25, 0.3) is 0 Å². The Morgan fingerprint density at radius 2 is 1.62 bits per heavy atom. The number of aliphatic hydroxyl groups excluding tert-OH is 1. The number of ether oxygens (including phenoxy) is 1. The van der Waals surface area contributed by atoms with Gasteiger partial charge < -0.3 is 9.84 Å². The highest BCUT2D eigenvalue weighted by atomic mass is 16.5. The number of aryl methyl sites for hydroxylation is 1. The van der Waals surface area contributed by atoms with Gasteiger partial charge in [-0.25, -0.2) is 0 Å². The molecule has 0 aliphatic carbocycles. The van der Waals surface area contributed by atoms with Crippen molar-refractivity contribution >= 4 is 5.97 Å². The Morgan fingerprint density at radius 1 is 1.05 bits per heavy atom. The van der Waals surface area contributed by atoms with Crippen molar-refractivity contribution in [2.75, 3.05) is 0 Å². The Hall–Kier alpha value is -2.13. The molecule has 0 aromatic heterocycles. The molecule has 3 heteroatoms. The maximum Gasteiger partial charge on any atom is 0.316 e. The van der Waals surface area contributed by atoms with Gasteiger partial charge in [-0.1, -0.05) is 48.5 Å². The van der Waals surface area contributed by atoms with Gasteiger partial charge in [0, 0.05) is 0 Å². The molecule has 2 aromatic rings. The summed E-state index contributed by atoms with van der Waals surface area (Å²) in [5.41, 5.74) is 1.15. The minimum Gasteiger partial charge on any atom is -0.426 e. The first-order valence-corrected chi connectivity index (χ1v) is 7.15. The van der Waals surface area contributed by atoms with Crippen molar-refractivity contribution in [2.24, 2.45) is 5.92 Å². The lowest BCUT2D eigenvalue weighted by Gasteiger charge is -2.17. The van der Waals surface area contributed by atoms with Gasteiger partial charge in [-0.2, -0.15) is 0 Å². The van der Waals surface area contributed by atoms with Gasteiger partial charge in [0.1, 0.15) is 5.75 Å². The summed E-state index contributed by atoms with van der Waals surface area (Å²) in [5.74, 6) is -0.444. The topological polar surface area (TPSA) is 46.5 Å². The number of rotatable bonds is 6. The van der Waals surface area contributed by atoms with Crippen LogP contribution in [0.2, 0.25) is 0 Å². The fraction of sp³-hybridized carbons (Fsp3) is 0.278. The molecule has 2 rings (SSSR count). The molecule has 2 aromatic carbocycles. The second-order valence-electron chi connectivity index (χ2n) is 5.11. The van der Waals surface area contributed by atoms with Gasteiger partial charge in [0.15, 0.2) is 0 Å². The van der Waals surface area contributed by atoms with Gasteiger partial charge >= 0.3 is 5.97 Å². The van der Waals surface area contributed by atoms with E-state index in [0.717, 1.165) is 12.0 Å². The van der Waals surface area contributed by atoms with Crippen LogP contribution in [0.15, 0.2) is 60.7 Å². The number of para-hydroxylation sites is 1. The molecule has 21 heavy (non-hydrogen) atoms. The molecule has 2 atom stereocenters. The van der Waals surface area contributed by atoms with E-state index in [1.807, 2.05) is 36.4 Å². The van der Waals surface area contributed by atoms with E-state index in [0.29, 0.717) is 12.2 Å². The van der Waals surface area contributed by atoms with Crippen LogP contribution < -0.4 is 4.74 Å². The SMILES string of the molecule is C[C@@H](C(=O)Oc1ccccc1)[C@@H](O)CCc1ccccc1. The molecular weight excluding hydrogens is 264 g/mol. The van der Waals surface area contributed by atoms with Gasteiger partial charge in [-0.15, -0.1) is 0 Å². The van der Waals surface area contributed by atoms with Crippen molar-refractivity contribution in [3.05, 3.63) is 66.2 Å². The van der Waals surface area contributed by atoms with Gasteiger partial charge in [0.2, 0.25) is 0 Å². The third-order valence-electron chi connectivity index (χ3n) is 3.48. The molecule has 0 spiro atoms. The Bertz CT molecular complexity index is 551. The Labute approximate surface area is 125 Å². The fourth-order valence-electron chi connectivity index (χ4n) is 2.06. The summed E-state index contributed by atoms with van der Waals surface area (Å²) in [6.07, 6.45) is 0.571. The van der Waals surface area contributed by atoms with Crippen molar-refractivity contribution < 1.29 is 14.6 Å². The molecule has 0 aliphatic rings. The van der Waals surface area contributed by atoms with E-state index in [2.05, 4.69) is 0 Å². The maximum absolute atomic E-state index is 12.0. The van der Waals surface area contributed by atoms with Crippen LogP contribution in [0, 0.1) is 5.92 Å². The third kappa shape index (κ3) is 4.72. The average molecular weight is 284 g/mol. The van der Waals surface area contributed by atoms with Crippen molar-refractivity contribution in [2.45, 2.75) is 25.9 Å². The van der Waals surface area contributed by atoms with Crippen LogP contribution in [-0.2, 0) is 11.2 Å². The van der Waals surface area contributed by atoms with E-state index < -0.39 is 18.0 Å². The van der Waals surface area contributed by atoms with Crippen molar-refractivity contribution in [1.82, 2.24) is 0 Å². The number of hydrogen-bond acceptors (Lipinski definition) is 3. The first-order valence-electron chi connectivity index (χ1n) is 7.15. The maximum atomic E-state index is 12.0. The third-order valence-corrected chi connectivity index (χ3v) is 3.48. The van der Waals surface area contributed by atoms with Crippen LogP contribution in [-0.4, -0.2) is 17.2 Å². The second-order valence-corrected chi connectivity index (χ2v) is 5.11. The highest BCUT2D eigenvalue weighted by Crippen LogP contribution is 2.16. The minimum atomic E-state index is -0.707. The lowest BCUT2D eigenvalue weighted by atomic mass is 9.98. The minimum absolute atomic E-state index is 0.401. The fourth-order valence-corrected chi connectivity index (χ4v) is 2.06. The van der Waals surface area contributed by atoms with Crippen LogP contribution in [0.25, 0.3) is 0 Å². The van der Waals surface area contributed by atoms with Crippen LogP contribution >= 0.6 is 0 Å². The van der Waals surface area contributed by atoms with E-state index in [4.69, 9.17) is 4.74 Å². The van der Waals surface area contributed by atoms with Gasteiger partial charge in [0.05, 0.1) is 12.0 Å². The lowest BCUT2D eigenvalue weighted by molar-refractivity contribution is -0.142. The highest BCUT2D eigenvalue weighted by Gasteiger charge is 2.23.